The summed E-state index contributed by atoms with van der Waals surface area (Å²) in [4.78, 5) is 11.7. The van der Waals surface area contributed by atoms with Crippen molar-refractivity contribution in [1.29, 1.82) is 0 Å². The standard InChI is InChI=1S/C13H22N2O3S/c1-10(12(16)14-2)13(18-3)6-8-19(17,9-7-13)15-11-4-5-11/h11H,1,4-9H2,2-3H3,(H,14,16). The predicted molar refractivity (Wildman–Crippen MR) is 75.5 cm³/mol. The monoisotopic (exact) mass is 286 g/mol. The number of nitrogens with zero attached hydrogens (tertiary/aromatic N) is 1. The fourth-order valence-electron chi connectivity index (χ4n) is 2.42. The van der Waals surface area contributed by atoms with E-state index in [1.54, 1.807) is 14.2 Å². The molecule has 0 radical (unpaired) electrons. The SMILES string of the molecule is C=C(C(=O)NC)C1(OC)CCS(=O)(=NC2CC2)CC1. The molecule has 1 aliphatic heterocycles. The van der Waals surface area contributed by atoms with Crippen LogP contribution in [0.15, 0.2) is 16.5 Å². The number of ether oxygens (including phenoxy) is 1. The first kappa shape index (κ1) is 14.5. The second-order valence-electron chi connectivity index (χ2n) is 5.27. The first-order valence-corrected chi connectivity index (χ1v) is 8.48. The van der Waals surface area contributed by atoms with Gasteiger partial charge in [0, 0.05) is 41.0 Å². The number of carbonyl (C=O) groups excluding carboxylic acids is 1. The Hall–Kier alpha value is -0.880. The Morgan fingerprint density at radius 2 is 2.00 bits per heavy atom. The van der Waals surface area contributed by atoms with Crippen molar-refractivity contribution in [3.05, 3.63) is 12.2 Å². The van der Waals surface area contributed by atoms with Gasteiger partial charge in [0.2, 0.25) is 5.91 Å². The second-order valence-corrected chi connectivity index (χ2v) is 7.85. The van der Waals surface area contributed by atoms with Crippen molar-refractivity contribution in [1.82, 2.24) is 5.32 Å². The number of likely N-dealkylation sites (N-methyl/N-ethyl adjacent to an activating group) is 1. The molecule has 0 bridgehead atoms. The van der Waals surface area contributed by atoms with Crippen molar-refractivity contribution in [3.63, 3.8) is 0 Å². The molecule has 19 heavy (non-hydrogen) atoms. The molecule has 2 aliphatic rings. The maximum Gasteiger partial charge on any atom is 0.249 e. The van der Waals surface area contributed by atoms with Gasteiger partial charge in [-0.25, -0.2) is 8.57 Å². The van der Waals surface area contributed by atoms with E-state index in [-0.39, 0.29) is 5.91 Å². The number of rotatable bonds is 4. The summed E-state index contributed by atoms with van der Waals surface area (Å²) >= 11 is 0. The summed E-state index contributed by atoms with van der Waals surface area (Å²) < 4.78 is 22.6. The molecule has 0 aromatic rings. The number of carbonyl (C=O) groups is 1. The highest BCUT2D eigenvalue weighted by molar-refractivity contribution is 7.93. The number of hydrogen-bond donors (Lipinski definition) is 1. The van der Waals surface area contributed by atoms with Crippen LogP contribution < -0.4 is 5.32 Å². The normalized spacial score (nSPS) is 34.6. The van der Waals surface area contributed by atoms with Gasteiger partial charge in [0.25, 0.3) is 0 Å². The van der Waals surface area contributed by atoms with Gasteiger partial charge in [0.05, 0.1) is 11.6 Å². The van der Waals surface area contributed by atoms with Gasteiger partial charge >= 0.3 is 0 Å². The Morgan fingerprint density at radius 1 is 1.42 bits per heavy atom. The zero-order valence-corrected chi connectivity index (χ0v) is 12.4. The lowest BCUT2D eigenvalue weighted by molar-refractivity contribution is -0.120. The van der Waals surface area contributed by atoms with E-state index in [9.17, 15) is 9.00 Å². The molecule has 1 N–H and O–H groups in total. The lowest BCUT2D eigenvalue weighted by Gasteiger charge is -2.37. The lowest BCUT2D eigenvalue weighted by Crippen LogP contribution is -2.46. The smallest absolute Gasteiger partial charge is 0.249 e. The third-order valence-electron chi connectivity index (χ3n) is 3.98. The molecule has 2 fully saturated rings. The van der Waals surface area contributed by atoms with Crippen LogP contribution in [-0.4, -0.2) is 47.4 Å². The highest BCUT2D eigenvalue weighted by atomic mass is 32.2. The third kappa shape index (κ3) is 3.00. The number of methoxy groups -OCH3 is 1. The van der Waals surface area contributed by atoms with E-state index in [1.165, 1.54) is 0 Å². The number of nitrogens with one attached hydrogen (secondary N) is 1. The van der Waals surface area contributed by atoms with E-state index >= 15 is 0 Å². The number of hydrogen-bond acceptors (Lipinski definition) is 4. The minimum atomic E-state index is -2.10. The van der Waals surface area contributed by atoms with Crippen LogP contribution in [0.25, 0.3) is 0 Å². The molecule has 1 amide bonds. The van der Waals surface area contributed by atoms with Crippen LogP contribution in [0.5, 0.6) is 0 Å². The van der Waals surface area contributed by atoms with Gasteiger partial charge in [-0.2, -0.15) is 0 Å². The van der Waals surface area contributed by atoms with Gasteiger partial charge in [-0.3, -0.25) is 4.79 Å². The Morgan fingerprint density at radius 3 is 2.42 bits per heavy atom. The van der Waals surface area contributed by atoms with Crippen LogP contribution in [0.3, 0.4) is 0 Å². The Bertz CT molecular complexity index is 488. The zero-order chi connectivity index (χ0) is 14.1. The van der Waals surface area contributed by atoms with E-state index in [1.807, 2.05) is 0 Å². The number of amides is 1. The summed E-state index contributed by atoms with van der Waals surface area (Å²) in [5, 5.41) is 2.57. The van der Waals surface area contributed by atoms with Crippen LogP contribution in [0.1, 0.15) is 25.7 Å². The van der Waals surface area contributed by atoms with Crippen LogP contribution in [0, 0.1) is 0 Å². The molecular weight excluding hydrogens is 264 g/mol. The van der Waals surface area contributed by atoms with Crippen molar-refractivity contribution in [2.75, 3.05) is 25.7 Å². The molecule has 0 unspecified atom stereocenters. The topological polar surface area (TPSA) is 67.8 Å². The first-order chi connectivity index (χ1) is 8.95. The quantitative estimate of drug-likeness (QED) is 0.787. The molecule has 108 valence electrons. The van der Waals surface area contributed by atoms with Gasteiger partial charge in [0.1, 0.15) is 0 Å². The molecule has 0 atom stereocenters. The molecule has 0 aromatic heterocycles. The largest absolute Gasteiger partial charge is 0.373 e. The minimum Gasteiger partial charge on any atom is -0.373 e. The predicted octanol–water partition coefficient (Wildman–Crippen LogP) is 1.10. The third-order valence-corrected chi connectivity index (χ3v) is 6.35. The summed E-state index contributed by atoms with van der Waals surface area (Å²) in [7, 11) is 1.06. The van der Waals surface area contributed by atoms with Crippen molar-refractivity contribution in [2.45, 2.75) is 37.3 Å². The molecule has 0 aromatic carbocycles. The molecule has 1 saturated carbocycles. The first-order valence-electron chi connectivity index (χ1n) is 6.63. The summed E-state index contributed by atoms with van der Waals surface area (Å²) in [6.07, 6.45) is 3.23. The van der Waals surface area contributed by atoms with Gasteiger partial charge in [-0.15, -0.1) is 0 Å². The lowest BCUT2D eigenvalue weighted by atomic mass is 9.88. The van der Waals surface area contributed by atoms with Crippen LogP contribution in [0.2, 0.25) is 0 Å². The Balaban J connectivity index is 2.13. The maximum atomic E-state index is 12.6. The highest BCUT2D eigenvalue weighted by Crippen LogP contribution is 2.35. The van der Waals surface area contributed by atoms with E-state index in [4.69, 9.17) is 4.74 Å². The molecule has 5 nitrogen and oxygen atoms in total. The van der Waals surface area contributed by atoms with Crippen molar-refractivity contribution in [3.8, 4) is 0 Å². The average Bonchev–Trinajstić information content (AvgIpc) is 3.22. The summed E-state index contributed by atoms with van der Waals surface area (Å²) in [5.74, 6) is 0.773. The minimum absolute atomic E-state index is 0.214. The molecular formula is C13H22N2O3S. The van der Waals surface area contributed by atoms with E-state index < -0.39 is 15.3 Å². The van der Waals surface area contributed by atoms with Crippen molar-refractivity contribution in [2.24, 2.45) is 4.36 Å². The molecule has 2 rings (SSSR count). The summed E-state index contributed by atoms with van der Waals surface area (Å²) in [6.45, 7) is 3.85. The van der Waals surface area contributed by atoms with Crippen LogP contribution in [-0.2, 0) is 19.3 Å². The van der Waals surface area contributed by atoms with Gasteiger partial charge < -0.3 is 10.1 Å². The molecule has 0 spiro atoms. The summed E-state index contributed by atoms with van der Waals surface area (Å²) in [5.41, 5.74) is -0.259. The fourth-order valence-corrected chi connectivity index (χ4v) is 4.89. The molecule has 6 heteroatoms. The molecule has 1 saturated heterocycles. The molecule has 1 aliphatic carbocycles. The van der Waals surface area contributed by atoms with Crippen LogP contribution >= 0.6 is 0 Å². The van der Waals surface area contributed by atoms with Crippen molar-refractivity contribution >= 4 is 15.6 Å². The van der Waals surface area contributed by atoms with Crippen molar-refractivity contribution < 1.29 is 13.7 Å². The fraction of sp³-hybridized carbons (Fsp3) is 0.769. The van der Waals surface area contributed by atoms with Gasteiger partial charge in [-0.05, 0) is 25.7 Å². The van der Waals surface area contributed by atoms with Crippen LogP contribution in [0.4, 0.5) is 0 Å². The van der Waals surface area contributed by atoms with E-state index in [2.05, 4.69) is 16.3 Å². The average molecular weight is 286 g/mol. The second kappa shape index (κ2) is 5.25. The van der Waals surface area contributed by atoms with Gasteiger partial charge in [-0.1, -0.05) is 6.58 Å². The highest BCUT2D eigenvalue weighted by Gasteiger charge is 2.41. The van der Waals surface area contributed by atoms with E-state index in [0.717, 1.165) is 12.8 Å². The van der Waals surface area contributed by atoms with E-state index in [0.29, 0.717) is 36.0 Å². The zero-order valence-electron chi connectivity index (χ0n) is 11.6. The maximum absolute atomic E-state index is 12.6. The Labute approximate surface area is 115 Å². The summed E-state index contributed by atoms with van der Waals surface area (Å²) in [6, 6.07) is 0.310. The Kier molecular flexibility index (Phi) is 4.01. The molecule has 1 heterocycles. The van der Waals surface area contributed by atoms with Gasteiger partial charge in [0.15, 0.2) is 0 Å².